The Morgan fingerprint density at radius 3 is 2.57 bits per heavy atom. The van der Waals surface area contributed by atoms with Gasteiger partial charge in [0.05, 0.1) is 24.3 Å². The third-order valence-electron chi connectivity index (χ3n) is 3.57. The lowest BCUT2D eigenvalue weighted by atomic mass is 10.1. The Balaban J connectivity index is 0.00000264. The fraction of sp³-hybridized carbons (Fsp3) is 0.250. The zero-order valence-electron chi connectivity index (χ0n) is 12.8. The van der Waals surface area contributed by atoms with Crippen LogP contribution in [0, 0.1) is 0 Å². The second kappa shape index (κ2) is 8.39. The molecule has 23 heavy (non-hydrogen) atoms. The number of nitrogens with zero attached hydrogens (tertiary/aromatic N) is 2. The number of rotatable bonds is 4. The minimum Gasteiger partial charge on any atom is -0.397 e. The van der Waals surface area contributed by atoms with Crippen molar-refractivity contribution in [2.75, 3.05) is 12.8 Å². The molecular weight excluding hydrogens is 357 g/mol. The third kappa shape index (κ3) is 4.99. The maximum atomic E-state index is 12.4. The minimum absolute atomic E-state index is 0. The van der Waals surface area contributed by atoms with Gasteiger partial charge in [-0.25, -0.2) is 0 Å². The third-order valence-corrected chi connectivity index (χ3v) is 4.13. The number of hydrogen-bond acceptors (Lipinski definition) is 3. The number of nitrogens with two attached hydrogens (primary N) is 1. The summed E-state index contributed by atoms with van der Waals surface area (Å²) >= 11 is 12.1. The van der Waals surface area contributed by atoms with E-state index in [1.54, 1.807) is 42.4 Å². The monoisotopic (exact) mass is 373 g/mol. The molecule has 2 rings (SSSR count). The van der Waals surface area contributed by atoms with Gasteiger partial charge in [-0.1, -0.05) is 29.3 Å². The van der Waals surface area contributed by atoms with Gasteiger partial charge in [0.25, 0.3) is 0 Å². The summed E-state index contributed by atoms with van der Waals surface area (Å²) in [7, 11) is 1.75. The van der Waals surface area contributed by atoms with Crippen molar-refractivity contribution in [1.29, 1.82) is 0 Å². The van der Waals surface area contributed by atoms with Gasteiger partial charge >= 0.3 is 0 Å². The molecule has 2 N–H and O–H groups in total. The second-order valence-electron chi connectivity index (χ2n) is 5.11. The average molecular weight is 375 g/mol. The van der Waals surface area contributed by atoms with E-state index in [0.29, 0.717) is 21.4 Å². The van der Waals surface area contributed by atoms with Crippen molar-refractivity contribution in [3.63, 3.8) is 0 Å². The molecule has 0 aliphatic rings. The molecule has 1 amide bonds. The van der Waals surface area contributed by atoms with Gasteiger partial charge in [0.1, 0.15) is 0 Å². The Hall–Kier alpha value is -1.49. The Morgan fingerprint density at radius 2 is 2.00 bits per heavy atom. The lowest BCUT2D eigenvalue weighted by Crippen LogP contribution is -2.31. The zero-order valence-corrected chi connectivity index (χ0v) is 15.1. The van der Waals surface area contributed by atoms with Crippen LogP contribution < -0.4 is 5.73 Å². The fourth-order valence-corrected chi connectivity index (χ4v) is 2.65. The number of aromatic nitrogens is 1. The van der Waals surface area contributed by atoms with E-state index in [9.17, 15) is 4.79 Å². The van der Waals surface area contributed by atoms with Gasteiger partial charge in [-0.3, -0.25) is 9.78 Å². The van der Waals surface area contributed by atoms with Crippen LogP contribution in [0.1, 0.15) is 24.2 Å². The summed E-state index contributed by atoms with van der Waals surface area (Å²) in [6.07, 6.45) is 1.76. The highest BCUT2D eigenvalue weighted by Crippen LogP contribution is 2.29. The number of anilines is 1. The van der Waals surface area contributed by atoms with Crippen LogP contribution in [0.3, 0.4) is 0 Å². The summed E-state index contributed by atoms with van der Waals surface area (Å²) < 4.78 is 0. The van der Waals surface area contributed by atoms with Crippen LogP contribution in [0.4, 0.5) is 5.69 Å². The molecule has 4 nitrogen and oxygen atoms in total. The molecule has 7 heteroatoms. The average Bonchev–Trinajstić information content (AvgIpc) is 2.48. The number of nitrogen functional groups attached to an aromatic ring is 1. The molecule has 0 spiro atoms. The highest BCUT2D eigenvalue weighted by Gasteiger charge is 2.20. The molecule has 2 aromatic rings. The van der Waals surface area contributed by atoms with Gasteiger partial charge < -0.3 is 10.6 Å². The molecule has 0 radical (unpaired) electrons. The first-order valence-electron chi connectivity index (χ1n) is 6.79. The number of pyridine rings is 1. The van der Waals surface area contributed by atoms with Crippen molar-refractivity contribution in [2.24, 2.45) is 0 Å². The summed E-state index contributed by atoms with van der Waals surface area (Å²) in [4.78, 5) is 18.2. The normalized spacial score (nSPS) is 11.5. The van der Waals surface area contributed by atoms with Crippen LogP contribution in [-0.4, -0.2) is 22.8 Å². The molecule has 0 aliphatic carbocycles. The molecule has 1 aromatic heterocycles. The first-order valence-corrected chi connectivity index (χ1v) is 7.55. The van der Waals surface area contributed by atoms with Crippen molar-refractivity contribution < 1.29 is 4.79 Å². The molecule has 0 aliphatic heterocycles. The Labute approximate surface area is 152 Å². The van der Waals surface area contributed by atoms with Crippen LogP contribution in [0.5, 0.6) is 0 Å². The first-order chi connectivity index (χ1) is 10.4. The van der Waals surface area contributed by atoms with Crippen molar-refractivity contribution in [3.8, 4) is 0 Å². The van der Waals surface area contributed by atoms with Gasteiger partial charge in [0.15, 0.2) is 0 Å². The number of likely N-dealkylation sites (N-methyl/N-ethyl adjacent to an activating group) is 1. The predicted molar refractivity (Wildman–Crippen MR) is 97.2 cm³/mol. The standard InChI is InChI=1S/C16H17Cl2N3O.ClH/c1-10(14-6-3-11(17)7-15(14)18)21(2)16(22)8-13-5-4-12(19)9-20-13;/h3-7,9-10H,8,19H2,1-2H3;1H. The van der Waals surface area contributed by atoms with E-state index in [1.807, 2.05) is 13.0 Å². The summed E-state index contributed by atoms with van der Waals surface area (Å²) in [5, 5.41) is 1.12. The van der Waals surface area contributed by atoms with Gasteiger partial charge in [0.2, 0.25) is 5.91 Å². The minimum atomic E-state index is -0.161. The van der Waals surface area contributed by atoms with E-state index in [4.69, 9.17) is 28.9 Å². The predicted octanol–water partition coefficient (Wildman–Crippen LogP) is 4.15. The van der Waals surface area contributed by atoms with Gasteiger partial charge in [-0.15, -0.1) is 12.4 Å². The van der Waals surface area contributed by atoms with Crippen LogP contribution in [0.2, 0.25) is 10.0 Å². The van der Waals surface area contributed by atoms with Gasteiger partial charge in [0, 0.05) is 22.8 Å². The molecule has 1 unspecified atom stereocenters. The highest BCUT2D eigenvalue weighted by atomic mass is 35.5. The van der Waals surface area contributed by atoms with Crippen molar-refractivity contribution in [1.82, 2.24) is 9.88 Å². The highest BCUT2D eigenvalue weighted by molar-refractivity contribution is 6.35. The molecule has 0 saturated heterocycles. The SMILES string of the molecule is CC(c1ccc(Cl)cc1Cl)N(C)C(=O)Cc1ccc(N)cn1.Cl. The van der Waals surface area contributed by atoms with Crippen LogP contribution >= 0.6 is 35.6 Å². The summed E-state index contributed by atoms with van der Waals surface area (Å²) in [5.41, 5.74) is 7.70. The summed E-state index contributed by atoms with van der Waals surface area (Å²) in [6, 6.07) is 8.59. The van der Waals surface area contributed by atoms with Crippen molar-refractivity contribution >= 4 is 47.2 Å². The second-order valence-corrected chi connectivity index (χ2v) is 5.95. The fourth-order valence-electron chi connectivity index (χ4n) is 2.09. The maximum Gasteiger partial charge on any atom is 0.228 e. The summed E-state index contributed by atoms with van der Waals surface area (Å²) in [6.45, 7) is 1.92. The molecular formula is C16H18Cl3N3O. The number of benzene rings is 1. The Bertz CT molecular complexity index is 677. The quantitative estimate of drug-likeness (QED) is 0.874. The molecule has 124 valence electrons. The molecule has 1 aromatic carbocycles. The molecule has 0 saturated carbocycles. The Morgan fingerprint density at radius 1 is 1.30 bits per heavy atom. The van der Waals surface area contributed by atoms with E-state index in [1.165, 1.54) is 0 Å². The van der Waals surface area contributed by atoms with Crippen molar-refractivity contribution in [2.45, 2.75) is 19.4 Å². The van der Waals surface area contributed by atoms with Gasteiger partial charge in [-0.2, -0.15) is 0 Å². The maximum absolute atomic E-state index is 12.4. The number of hydrogen-bond donors (Lipinski definition) is 1. The van der Waals surface area contributed by atoms with Crippen molar-refractivity contribution in [3.05, 3.63) is 57.8 Å². The van der Waals surface area contributed by atoms with Crippen LogP contribution in [0.15, 0.2) is 36.5 Å². The number of carbonyl (C=O) groups excluding carboxylic acids is 1. The first kappa shape index (κ1) is 19.6. The lowest BCUT2D eigenvalue weighted by Gasteiger charge is -2.26. The van der Waals surface area contributed by atoms with E-state index in [0.717, 1.165) is 5.56 Å². The van der Waals surface area contributed by atoms with Crippen LogP contribution in [-0.2, 0) is 11.2 Å². The number of carbonyl (C=O) groups is 1. The van der Waals surface area contributed by atoms with Crippen LogP contribution in [0.25, 0.3) is 0 Å². The molecule has 0 fully saturated rings. The smallest absolute Gasteiger partial charge is 0.228 e. The Kier molecular flexibility index (Phi) is 7.13. The summed E-state index contributed by atoms with van der Waals surface area (Å²) in [5.74, 6) is -0.0456. The van der Waals surface area contributed by atoms with E-state index < -0.39 is 0 Å². The molecule has 1 heterocycles. The van der Waals surface area contributed by atoms with E-state index in [-0.39, 0.29) is 30.8 Å². The molecule has 1 atom stereocenters. The number of amides is 1. The molecule has 0 bridgehead atoms. The number of halogens is 3. The zero-order chi connectivity index (χ0) is 16.3. The largest absolute Gasteiger partial charge is 0.397 e. The van der Waals surface area contributed by atoms with Gasteiger partial charge in [-0.05, 0) is 36.8 Å². The van der Waals surface area contributed by atoms with E-state index in [2.05, 4.69) is 4.98 Å². The van der Waals surface area contributed by atoms with E-state index >= 15 is 0 Å². The topological polar surface area (TPSA) is 59.2 Å². The lowest BCUT2D eigenvalue weighted by molar-refractivity contribution is -0.131.